The average molecular weight is 740 g/mol. The second-order valence-electron chi connectivity index (χ2n) is 12.3. The number of hydrogen-bond donors (Lipinski definition) is 4. The molecule has 282 valence electrons. The summed E-state index contributed by atoms with van der Waals surface area (Å²) >= 11 is 0. The summed E-state index contributed by atoms with van der Waals surface area (Å²) in [5.41, 5.74) is 1.99. The Morgan fingerprint density at radius 2 is 1.56 bits per heavy atom. The summed E-state index contributed by atoms with van der Waals surface area (Å²) in [6.07, 6.45) is 0.762. The molecule has 6 atom stereocenters. The number of methoxy groups -OCH3 is 2. The molecule has 3 amide bonds. The maximum absolute atomic E-state index is 14.5. The third-order valence-corrected chi connectivity index (χ3v) is 8.47. The minimum atomic E-state index is -2.51. The molecule has 1 heterocycles. The van der Waals surface area contributed by atoms with Crippen LogP contribution in [0.25, 0.3) is 0 Å². The molecule has 52 heavy (non-hydrogen) atoms. The van der Waals surface area contributed by atoms with Crippen molar-refractivity contribution in [2.45, 2.75) is 65.0 Å². The van der Waals surface area contributed by atoms with Crippen LogP contribution in [0.2, 0.25) is 0 Å². The molecule has 12 nitrogen and oxygen atoms in total. The summed E-state index contributed by atoms with van der Waals surface area (Å²) in [5.74, 6) is -18.5. The quantitative estimate of drug-likeness (QED) is 0.115. The molecule has 17 heteroatoms. The Morgan fingerprint density at radius 1 is 0.962 bits per heavy atom. The van der Waals surface area contributed by atoms with E-state index in [2.05, 4.69) is 5.32 Å². The highest BCUT2D eigenvalue weighted by Gasteiger charge is 2.36. The summed E-state index contributed by atoms with van der Waals surface area (Å²) in [5, 5.41) is 15.4. The summed E-state index contributed by atoms with van der Waals surface area (Å²) in [6.45, 7) is 6.20. The predicted octanol–water partition coefficient (Wildman–Crippen LogP) is 3.89. The predicted molar refractivity (Wildman–Crippen MR) is 173 cm³/mol. The summed E-state index contributed by atoms with van der Waals surface area (Å²) < 4.78 is 86.7. The van der Waals surface area contributed by atoms with Gasteiger partial charge in [-0.15, -0.1) is 0 Å². The van der Waals surface area contributed by atoms with E-state index in [9.17, 15) is 51.0 Å². The smallest absolute Gasteiger partial charge is 0.405 e. The third-order valence-electron chi connectivity index (χ3n) is 8.47. The van der Waals surface area contributed by atoms with Crippen molar-refractivity contribution < 1.29 is 65.2 Å². The molecule has 5 N–H and O–H groups in total. The normalized spacial score (nSPS) is 27.8. The van der Waals surface area contributed by atoms with Crippen LogP contribution < -0.4 is 16.4 Å². The number of benzene rings is 1. The third kappa shape index (κ3) is 9.26. The van der Waals surface area contributed by atoms with Gasteiger partial charge in [0.05, 0.1) is 23.6 Å². The van der Waals surface area contributed by atoms with E-state index in [1.54, 1.807) is 26.8 Å². The molecule has 0 aromatic heterocycles. The highest BCUT2D eigenvalue weighted by atomic mass is 19.2. The number of amides is 3. The van der Waals surface area contributed by atoms with Crippen molar-refractivity contribution in [3.05, 3.63) is 93.1 Å². The minimum absolute atomic E-state index is 0.00334. The van der Waals surface area contributed by atoms with E-state index in [1.807, 2.05) is 5.32 Å². The summed E-state index contributed by atoms with van der Waals surface area (Å²) in [4.78, 5) is 65.0. The van der Waals surface area contributed by atoms with Gasteiger partial charge in [0.2, 0.25) is 17.4 Å². The zero-order valence-electron chi connectivity index (χ0n) is 28.9. The molecule has 1 aliphatic carbocycles. The van der Waals surface area contributed by atoms with E-state index in [1.165, 1.54) is 39.4 Å². The second kappa shape index (κ2) is 17.5. The maximum Gasteiger partial charge on any atom is 0.405 e. The number of ether oxygens (including phenoxy) is 3. The fourth-order valence-corrected chi connectivity index (χ4v) is 5.70. The van der Waals surface area contributed by atoms with E-state index in [0.29, 0.717) is 11.6 Å². The van der Waals surface area contributed by atoms with Crippen LogP contribution in [-0.2, 0) is 28.6 Å². The summed E-state index contributed by atoms with van der Waals surface area (Å²) in [7, 11) is 2.64. The van der Waals surface area contributed by atoms with Gasteiger partial charge in [0.25, 0.3) is 11.8 Å². The Morgan fingerprint density at radius 3 is 2.12 bits per heavy atom. The number of fused-ring (bicyclic) bond motifs is 2. The van der Waals surface area contributed by atoms with E-state index in [-0.39, 0.29) is 18.4 Å². The number of rotatable bonds is 5. The van der Waals surface area contributed by atoms with E-state index < -0.39 is 117 Å². The molecule has 0 saturated carbocycles. The van der Waals surface area contributed by atoms with Crippen molar-refractivity contribution in [2.75, 3.05) is 14.2 Å². The van der Waals surface area contributed by atoms with E-state index >= 15 is 0 Å². The number of nitrogens with one attached hydrogen (secondary N) is 2. The van der Waals surface area contributed by atoms with E-state index in [0.717, 1.165) is 0 Å². The fourth-order valence-electron chi connectivity index (χ4n) is 5.70. The molecule has 0 fully saturated rings. The van der Waals surface area contributed by atoms with Gasteiger partial charge in [-0.25, -0.2) is 26.7 Å². The van der Waals surface area contributed by atoms with Gasteiger partial charge >= 0.3 is 6.09 Å². The molecule has 0 unspecified atom stereocenters. The van der Waals surface area contributed by atoms with Crippen molar-refractivity contribution >= 4 is 29.5 Å². The van der Waals surface area contributed by atoms with Crippen LogP contribution in [-0.4, -0.2) is 73.2 Å². The molecule has 0 spiro atoms. The van der Waals surface area contributed by atoms with Crippen molar-refractivity contribution in [3.8, 4) is 0 Å². The lowest BCUT2D eigenvalue weighted by Gasteiger charge is -2.30. The number of aliphatic hydroxyl groups is 1. The van der Waals surface area contributed by atoms with Gasteiger partial charge in [-0.1, -0.05) is 38.2 Å². The topological polar surface area (TPSA) is 183 Å². The number of ketones is 2. The highest BCUT2D eigenvalue weighted by Crippen LogP contribution is 2.30. The molecule has 1 aromatic rings. The van der Waals surface area contributed by atoms with Gasteiger partial charge < -0.3 is 35.7 Å². The molecule has 1 aliphatic heterocycles. The maximum atomic E-state index is 14.5. The molecule has 3 rings (SSSR count). The number of Topliss-reactive ketones (excluding diaryl/α,β-unsaturated/α-hetero) is 1. The highest BCUT2D eigenvalue weighted by molar-refractivity contribution is 6.24. The first-order valence-corrected chi connectivity index (χ1v) is 15.7. The number of carbonyl (C=O) groups excluding carboxylic acids is 5. The molecule has 2 aliphatic rings. The number of primary amides is 1. The van der Waals surface area contributed by atoms with Crippen LogP contribution in [0.4, 0.5) is 26.7 Å². The van der Waals surface area contributed by atoms with Gasteiger partial charge in [-0.3, -0.25) is 19.2 Å². The van der Waals surface area contributed by atoms with Crippen molar-refractivity contribution in [1.82, 2.24) is 10.6 Å². The van der Waals surface area contributed by atoms with Crippen LogP contribution in [0, 0.1) is 40.9 Å². The van der Waals surface area contributed by atoms with Crippen LogP contribution in [0.15, 0.2) is 58.5 Å². The lowest BCUT2D eigenvalue weighted by atomic mass is 9.85. The number of nitrogens with two attached hydrogens (primary N) is 1. The molecule has 1 aromatic carbocycles. The van der Waals surface area contributed by atoms with Crippen molar-refractivity contribution in [2.24, 2.45) is 17.6 Å². The van der Waals surface area contributed by atoms with Crippen LogP contribution in [0.3, 0.4) is 0 Å². The van der Waals surface area contributed by atoms with Crippen LogP contribution in [0.1, 0.15) is 50.9 Å². The first-order chi connectivity index (χ1) is 24.3. The van der Waals surface area contributed by atoms with Crippen LogP contribution >= 0.6 is 0 Å². The zero-order chi connectivity index (χ0) is 39.2. The molecule has 2 bridgehead atoms. The fraction of sp³-hybridized carbons (Fsp3) is 0.400. The molecule has 0 saturated heterocycles. The molecular weight excluding hydrogens is 701 g/mol. The number of carbonyl (C=O) groups is 5. The number of halogens is 5. The Labute approximate surface area is 295 Å². The molecule has 0 radical (unpaired) electrons. The lowest BCUT2D eigenvalue weighted by molar-refractivity contribution is -0.120. The van der Waals surface area contributed by atoms with Gasteiger partial charge in [0, 0.05) is 37.4 Å². The zero-order valence-corrected chi connectivity index (χ0v) is 28.9. The Balaban J connectivity index is 2.15. The Hall–Kier alpha value is -5.00. The number of allylic oxidation sites excluding steroid dienone is 4. The first kappa shape index (κ1) is 41.4. The minimum Gasteiger partial charge on any atom is -0.439 e. The number of aliphatic hydroxyl groups excluding tert-OH is 1. The van der Waals surface area contributed by atoms with E-state index in [4.69, 9.17) is 19.9 Å². The van der Waals surface area contributed by atoms with Gasteiger partial charge in [0.15, 0.2) is 29.4 Å². The molecular formula is C35H38F5N3O9. The van der Waals surface area contributed by atoms with Gasteiger partial charge in [0.1, 0.15) is 11.7 Å². The number of hydrogen-bond acceptors (Lipinski definition) is 9. The van der Waals surface area contributed by atoms with Crippen molar-refractivity contribution in [1.29, 1.82) is 0 Å². The lowest BCUT2D eigenvalue weighted by Crippen LogP contribution is -2.39. The average Bonchev–Trinajstić information content (AvgIpc) is 3.09. The SMILES string of the molecule is CO[C@@H]1/C=C\C=C(\C)C(=O)NC2=CC(=O)C(NC(=O)c3c(F)c(F)c(F)c(F)c3F)=C(C[C@@H](C)C[C@@H](OC)[C@@H](O)[C@@H](C)/C=C(/C)[C@H]1OC(N)=O)C2=O. The standard InChI is InChI=1S/C35H38F5N3O9/c1-14-10-18-29(43-34(48)23-24(36)26(38)28(40)27(39)25(23)37)20(44)13-19(31(18)46)42-33(47)15(2)8-7-9-21(50-5)32(52-35(41)49)17(4)12-16(3)30(45)22(11-14)51-6/h7-9,12-14,16,21-22,30,32,45H,10-11H2,1-6H3,(H2,41,49)(H,42,47)(H,43,48)/b9-7-,15-8-,17-12-/t14-,16+,21-,22-,30+,32-/m1/s1. The van der Waals surface area contributed by atoms with Crippen molar-refractivity contribution in [3.63, 3.8) is 0 Å². The van der Waals surface area contributed by atoms with Gasteiger partial charge in [-0.2, -0.15) is 0 Å². The van der Waals surface area contributed by atoms with Gasteiger partial charge in [-0.05, 0) is 38.2 Å². The monoisotopic (exact) mass is 739 g/mol. The largest absolute Gasteiger partial charge is 0.439 e. The summed E-state index contributed by atoms with van der Waals surface area (Å²) in [6, 6.07) is 0. The Kier molecular flexibility index (Phi) is 13.9. The Bertz CT molecular complexity index is 1770. The second-order valence-corrected chi connectivity index (χ2v) is 12.3. The van der Waals surface area contributed by atoms with Crippen LogP contribution in [0.5, 0.6) is 0 Å². The first-order valence-electron chi connectivity index (χ1n) is 15.7.